The summed E-state index contributed by atoms with van der Waals surface area (Å²) in [6, 6.07) is 6.21. The van der Waals surface area contributed by atoms with Crippen LogP contribution < -0.4 is 10.5 Å². The Morgan fingerprint density at radius 3 is 2.65 bits per heavy atom. The molecule has 1 aromatic heterocycles. The molecule has 108 valence electrons. The highest BCUT2D eigenvalue weighted by atomic mass is 79.9. The van der Waals surface area contributed by atoms with Crippen LogP contribution in [-0.4, -0.2) is 23.4 Å². The van der Waals surface area contributed by atoms with E-state index >= 15 is 0 Å². The molecule has 2 N–H and O–H groups in total. The van der Waals surface area contributed by atoms with Crippen LogP contribution in [0.15, 0.2) is 22.7 Å². The third-order valence-corrected chi connectivity index (χ3v) is 4.54. The monoisotopic (exact) mass is 337 g/mol. The van der Waals surface area contributed by atoms with Crippen LogP contribution in [0.1, 0.15) is 22.5 Å². The number of aromatic nitrogens is 2. The Morgan fingerprint density at radius 2 is 2.10 bits per heavy atom. The Balaban J connectivity index is 2.35. The van der Waals surface area contributed by atoms with Crippen LogP contribution in [0.2, 0.25) is 0 Å². The molecule has 0 bridgehead atoms. The summed E-state index contributed by atoms with van der Waals surface area (Å²) < 4.78 is 8.50. The Bertz CT molecular complexity index is 607. The number of benzene rings is 1. The summed E-state index contributed by atoms with van der Waals surface area (Å²) in [5, 5.41) is 4.55. The van der Waals surface area contributed by atoms with E-state index in [2.05, 4.69) is 40.1 Å². The van der Waals surface area contributed by atoms with E-state index in [0.29, 0.717) is 13.1 Å². The summed E-state index contributed by atoms with van der Waals surface area (Å²) in [5.74, 6) is 0.884. The first-order valence-corrected chi connectivity index (χ1v) is 7.41. The van der Waals surface area contributed by atoms with Gasteiger partial charge in [-0.2, -0.15) is 5.10 Å². The number of hydrogen-bond donors (Lipinski definition) is 1. The van der Waals surface area contributed by atoms with E-state index in [4.69, 9.17) is 10.5 Å². The van der Waals surface area contributed by atoms with Crippen molar-refractivity contribution in [2.75, 3.05) is 13.7 Å². The molecule has 0 aliphatic rings. The average Bonchev–Trinajstić information content (AvgIpc) is 2.67. The zero-order chi connectivity index (χ0) is 14.7. The SMILES string of the molecule is COc1ccc(CCN)cc1Cn1nc(C)c(Br)c1C. The summed E-state index contributed by atoms with van der Waals surface area (Å²) in [4.78, 5) is 0. The molecular weight excluding hydrogens is 318 g/mol. The number of methoxy groups -OCH3 is 1. The summed E-state index contributed by atoms with van der Waals surface area (Å²) >= 11 is 3.56. The molecule has 0 saturated carbocycles. The van der Waals surface area contributed by atoms with Crippen LogP contribution in [0.3, 0.4) is 0 Å². The lowest BCUT2D eigenvalue weighted by Crippen LogP contribution is -2.08. The van der Waals surface area contributed by atoms with Crippen LogP contribution >= 0.6 is 15.9 Å². The van der Waals surface area contributed by atoms with Gasteiger partial charge in [0.2, 0.25) is 0 Å². The van der Waals surface area contributed by atoms with Gasteiger partial charge in [-0.05, 0) is 54.4 Å². The molecule has 0 fully saturated rings. The van der Waals surface area contributed by atoms with Crippen molar-refractivity contribution in [3.05, 3.63) is 45.2 Å². The molecule has 1 aromatic carbocycles. The minimum Gasteiger partial charge on any atom is -0.496 e. The molecule has 0 aliphatic heterocycles. The third kappa shape index (κ3) is 3.04. The average molecular weight is 338 g/mol. The fourth-order valence-corrected chi connectivity index (χ4v) is 2.55. The molecular formula is C15H20BrN3O. The maximum absolute atomic E-state index is 5.63. The quantitative estimate of drug-likeness (QED) is 0.912. The van der Waals surface area contributed by atoms with E-state index in [1.54, 1.807) is 7.11 Å². The summed E-state index contributed by atoms with van der Waals surface area (Å²) in [6.07, 6.45) is 0.873. The predicted molar refractivity (Wildman–Crippen MR) is 84.3 cm³/mol. The molecule has 20 heavy (non-hydrogen) atoms. The second-order valence-electron chi connectivity index (χ2n) is 4.83. The molecule has 4 nitrogen and oxygen atoms in total. The lowest BCUT2D eigenvalue weighted by Gasteiger charge is -2.12. The Hall–Kier alpha value is -1.33. The first-order valence-electron chi connectivity index (χ1n) is 6.62. The van der Waals surface area contributed by atoms with Gasteiger partial charge in [0.25, 0.3) is 0 Å². The van der Waals surface area contributed by atoms with Gasteiger partial charge < -0.3 is 10.5 Å². The van der Waals surface area contributed by atoms with Crippen molar-refractivity contribution in [2.24, 2.45) is 5.73 Å². The van der Waals surface area contributed by atoms with Crippen LogP contribution in [0.5, 0.6) is 5.75 Å². The van der Waals surface area contributed by atoms with Crippen molar-refractivity contribution in [1.29, 1.82) is 0 Å². The first-order chi connectivity index (χ1) is 9.56. The molecule has 0 radical (unpaired) electrons. The number of rotatable bonds is 5. The van der Waals surface area contributed by atoms with Gasteiger partial charge >= 0.3 is 0 Å². The van der Waals surface area contributed by atoms with Gasteiger partial charge in [-0.3, -0.25) is 4.68 Å². The number of nitrogens with zero attached hydrogens (tertiary/aromatic N) is 2. The van der Waals surface area contributed by atoms with Gasteiger partial charge in [0.1, 0.15) is 5.75 Å². The maximum Gasteiger partial charge on any atom is 0.123 e. The lowest BCUT2D eigenvalue weighted by atomic mass is 10.1. The number of aryl methyl sites for hydroxylation is 1. The van der Waals surface area contributed by atoms with Crippen LogP contribution in [0.4, 0.5) is 0 Å². The van der Waals surface area contributed by atoms with Gasteiger partial charge in [-0.25, -0.2) is 0 Å². The normalized spacial score (nSPS) is 10.8. The Kier molecular flexibility index (Phi) is 4.83. The summed E-state index contributed by atoms with van der Waals surface area (Å²) in [7, 11) is 1.69. The van der Waals surface area contributed by atoms with E-state index in [-0.39, 0.29) is 0 Å². The third-order valence-electron chi connectivity index (χ3n) is 3.39. The largest absolute Gasteiger partial charge is 0.496 e. The van der Waals surface area contributed by atoms with Crippen molar-refractivity contribution in [3.8, 4) is 5.75 Å². The van der Waals surface area contributed by atoms with Gasteiger partial charge in [0.15, 0.2) is 0 Å². The molecule has 1 heterocycles. The Morgan fingerprint density at radius 1 is 1.35 bits per heavy atom. The molecule has 2 rings (SSSR count). The van der Waals surface area contributed by atoms with Gasteiger partial charge in [-0.15, -0.1) is 0 Å². The molecule has 0 aliphatic carbocycles. The Labute approximate surface area is 128 Å². The fraction of sp³-hybridized carbons (Fsp3) is 0.400. The summed E-state index contributed by atoms with van der Waals surface area (Å²) in [5.41, 5.74) is 10.1. The summed E-state index contributed by atoms with van der Waals surface area (Å²) in [6.45, 7) is 5.40. The van der Waals surface area contributed by atoms with Crippen LogP contribution in [0, 0.1) is 13.8 Å². The van der Waals surface area contributed by atoms with Gasteiger partial charge in [-0.1, -0.05) is 12.1 Å². The van der Waals surface area contributed by atoms with E-state index in [1.807, 2.05) is 17.7 Å². The number of ether oxygens (including phenoxy) is 1. The number of hydrogen-bond acceptors (Lipinski definition) is 3. The zero-order valence-corrected chi connectivity index (χ0v) is 13.7. The van der Waals surface area contributed by atoms with Gasteiger partial charge in [0.05, 0.1) is 29.5 Å². The van der Waals surface area contributed by atoms with Crippen molar-refractivity contribution in [2.45, 2.75) is 26.8 Å². The second-order valence-corrected chi connectivity index (χ2v) is 5.62. The maximum atomic E-state index is 5.63. The minimum atomic E-state index is 0.650. The van der Waals surface area contributed by atoms with E-state index < -0.39 is 0 Å². The standard InChI is InChI=1S/C15H20BrN3O/c1-10-15(16)11(2)19(18-10)9-13-8-12(6-7-17)4-5-14(13)20-3/h4-5,8H,6-7,9,17H2,1-3H3. The van der Waals surface area contributed by atoms with Crippen molar-refractivity contribution < 1.29 is 4.74 Å². The smallest absolute Gasteiger partial charge is 0.123 e. The number of halogens is 1. The molecule has 0 saturated heterocycles. The molecule has 0 unspecified atom stereocenters. The molecule has 0 atom stereocenters. The first kappa shape index (κ1) is 15.1. The van der Waals surface area contributed by atoms with E-state index in [1.165, 1.54) is 5.56 Å². The minimum absolute atomic E-state index is 0.650. The van der Waals surface area contributed by atoms with Crippen LogP contribution in [0.25, 0.3) is 0 Å². The highest BCUT2D eigenvalue weighted by Gasteiger charge is 2.11. The van der Waals surface area contributed by atoms with Crippen LogP contribution in [-0.2, 0) is 13.0 Å². The molecule has 0 amide bonds. The highest BCUT2D eigenvalue weighted by molar-refractivity contribution is 9.10. The molecule has 5 heteroatoms. The molecule has 0 spiro atoms. The topological polar surface area (TPSA) is 53.1 Å². The lowest BCUT2D eigenvalue weighted by molar-refractivity contribution is 0.407. The van der Waals surface area contributed by atoms with E-state index in [9.17, 15) is 0 Å². The highest BCUT2D eigenvalue weighted by Crippen LogP contribution is 2.25. The van der Waals surface area contributed by atoms with Crippen molar-refractivity contribution in [1.82, 2.24) is 9.78 Å². The second kappa shape index (κ2) is 6.41. The van der Waals surface area contributed by atoms with Crippen molar-refractivity contribution >= 4 is 15.9 Å². The fourth-order valence-electron chi connectivity index (χ4n) is 2.27. The predicted octanol–water partition coefficient (Wildman–Crippen LogP) is 2.82. The van der Waals surface area contributed by atoms with E-state index in [0.717, 1.165) is 33.6 Å². The number of nitrogens with two attached hydrogens (primary N) is 1. The van der Waals surface area contributed by atoms with Crippen molar-refractivity contribution in [3.63, 3.8) is 0 Å². The van der Waals surface area contributed by atoms with Gasteiger partial charge in [0, 0.05) is 5.56 Å². The zero-order valence-electron chi connectivity index (χ0n) is 12.1. The molecule has 2 aromatic rings.